The summed E-state index contributed by atoms with van der Waals surface area (Å²) in [5.74, 6) is -0.261. The molecule has 5 nitrogen and oxygen atoms in total. The van der Waals surface area contributed by atoms with Crippen molar-refractivity contribution >= 4 is 41.9 Å². The first kappa shape index (κ1) is 17.4. The van der Waals surface area contributed by atoms with E-state index in [2.05, 4.69) is 26.6 Å². The van der Waals surface area contributed by atoms with Gasteiger partial charge in [-0.3, -0.25) is 4.55 Å². The lowest BCUT2D eigenvalue weighted by atomic mass is 10.2. The minimum atomic E-state index is -4.19. The average molecular weight is 360 g/mol. The van der Waals surface area contributed by atoms with E-state index in [1.807, 2.05) is 19.1 Å². The van der Waals surface area contributed by atoms with Crippen LogP contribution in [-0.4, -0.2) is 25.5 Å². The third-order valence-electron chi connectivity index (χ3n) is 1.50. The summed E-state index contributed by atoms with van der Waals surface area (Å²) in [4.78, 5) is 11.3. The van der Waals surface area contributed by atoms with Crippen LogP contribution in [0.1, 0.15) is 23.7 Å². The fourth-order valence-corrected chi connectivity index (χ4v) is 1.29. The first-order chi connectivity index (χ1) is 8.24. The molecule has 0 aromatic heterocycles. The quantitative estimate of drug-likeness (QED) is 0.509. The standard InChI is InChI=1S/C10H11BrO2.ClHO3S/c1-2-6-13-10(12)8-4-3-5-9(11)7-8;1-5(2,3)4/h3-5,7H,2,6H2,1H3;(H,2,3,4). The monoisotopic (exact) mass is 358 g/mol. The Kier molecular flexibility index (Phi) is 8.17. The van der Waals surface area contributed by atoms with Gasteiger partial charge in [-0.25, -0.2) is 4.79 Å². The van der Waals surface area contributed by atoms with Gasteiger partial charge in [0.05, 0.1) is 12.2 Å². The van der Waals surface area contributed by atoms with Gasteiger partial charge in [-0.15, -0.1) is 0 Å². The molecule has 102 valence electrons. The molecule has 0 fully saturated rings. The molecule has 0 aliphatic rings. The molecule has 0 radical (unpaired) electrons. The molecule has 8 heteroatoms. The van der Waals surface area contributed by atoms with E-state index in [9.17, 15) is 4.79 Å². The van der Waals surface area contributed by atoms with Crippen LogP contribution in [0, 0.1) is 0 Å². The molecule has 0 unspecified atom stereocenters. The van der Waals surface area contributed by atoms with Gasteiger partial charge in [-0.1, -0.05) is 28.9 Å². The zero-order valence-corrected chi connectivity index (χ0v) is 12.6. The molecule has 1 aromatic carbocycles. The lowest BCUT2D eigenvalue weighted by Crippen LogP contribution is -2.05. The number of carbonyl (C=O) groups is 1. The Labute approximate surface area is 118 Å². The first-order valence-corrected chi connectivity index (χ1v) is 7.89. The predicted octanol–water partition coefficient (Wildman–Crippen LogP) is 3.04. The van der Waals surface area contributed by atoms with E-state index >= 15 is 0 Å². The van der Waals surface area contributed by atoms with Crippen molar-refractivity contribution in [2.45, 2.75) is 13.3 Å². The van der Waals surface area contributed by atoms with Crippen LogP contribution < -0.4 is 0 Å². The molecule has 0 heterocycles. The second-order valence-corrected chi connectivity index (χ2v) is 5.97. The summed E-state index contributed by atoms with van der Waals surface area (Å²) < 4.78 is 31.0. The number of ether oxygens (including phenoxy) is 1. The van der Waals surface area contributed by atoms with Crippen LogP contribution in [0.25, 0.3) is 0 Å². The van der Waals surface area contributed by atoms with Crippen LogP contribution in [0.3, 0.4) is 0 Å². The van der Waals surface area contributed by atoms with Crippen LogP contribution in [0.2, 0.25) is 0 Å². The van der Waals surface area contributed by atoms with Gasteiger partial charge in [0.2, 0.25) is 0 Å². The number of benzene rings is 1. The Hall–Kier alpha value is -0.630. The van der Waals surface area contributed by atoms with Crippen molar-refractivity contribution in [3.05, 3.63) is 34.3 Å². The van der Waals surface area contributed by atoms with Crippen LogP contribution in [0.5, 0.6) is 0 Å². The molecule has 0 aliphatic carbocycles. The van der Waals surface area contributed by atoms with Gasteiger partial charge >= 0.3 is 15.3 Å². The molecular weight excluding hydrogens is 348 g/mol. The molecule has 0 saturated carbocycles. The van der Waals surface area contributed by atoms with E-state index in [4.69, 9.17) is 17.7 Å². The molecule has 1 N–H and O–H groups in total. The van der Waals surface area contributed by atoms with E-state index in [-0.39, 0.29) is 5.97 Å². The molecule has 0 atom stereocenters. The van der Waals surface area contributed by atoms with Gasteiger partial charge in [0, 0.05) is 15.2 Å². The summed E-state index contributed by atoms with van der Waals surface area (Å²) in [5.41, 5.74) is 0.586. The largest absolute Gasteiger partial charge is 0.462 e. The summed E-state index contributed by atoms with van der Waals surface area (Å²) >= 11 is 3.29. The second kappa shape index (κ2) is 8.47. The molecular formula is C10H12BrClO5S. The zero-order chi connectivity index (χ0) is 14.2. The van der Waals surface area contributed by atoms with Crippen LogP contribution in [-0.2, 0) is 14.1 Å². The van der Waals surface area contributed by atoms with Crippen molar-refractivity contribution in [1.82, 2.24) is 0 Å². The maximum Gasteiger partial charge on any atom is 0.353 e. The van der Waals surface area contributed by atoms with E-state index in [1.54, 1.807) is 12.1 Å². The SMILES string of the molecule is CCCOC(=O)c1cccc(Br)c1.O=S(=O)(O)Cl. The number of rotatable bonds is 3. The van der Waals surface area contributed by atoms with Gasteiger partial charge in [0.25, 0.3) is 0 Å². The van der Waals surface area contributed by atoms with Crippen molar-refractivity contribution in [2.24, 2.45) is 0 Å². The van der Waals surface area contributed by atoms with E-state index in [1.165, 1.54) is 0 Å². The number of halogens is 2. The van der Waals surface area contributed by atoms with Crippen molar-refractivity contribution in [3.8, 4) is 0 Å². The minimum absolute atomic E-state index is 0.261. The molecule has 0 aliphatic heterocycles. The Morgan fingerprint density at radius 1 is 1.50 bits per heavy atom. The third kappa shape index (κ3) is 10.5. The lowest BCUT2D eigenvalue weighted by molar-refractivity contribution is 0.0505. The highest BCUT2D eigenvalue weighted by Crippen LogP contribution is 2.12. The number of hydrogen-bond acceptors (Lipinski definition) is 4. The van der Waals surface area contributed by atoms with Gasteiger partial charge in [0.15, 0.2) is 0 Å². The Bertz CT molecular complexity index is 481. The van der Waals surface area contributed by atoms with E-state index in [0.29, 0.717) is 12.2 Å². The molecule has 0 spiro atoms. The fourth-order valence-electron chi connectivity index (χ4n) is 0.894. The minimum Gasteiger partial charge on any atom is -0.462 e. The van der Waals surface area contributed by atoms with Crippen molar-refractivity contribution in [2.75, 3.05) is 6.61 Å². The second-order valence-electron chi connectivity index (χ2n) is 3.06. The van der Waals surface area contributed by atoms with Crippen molar-refractivity contribution < 1.29 is 22.5 Å². The number of hydrogen-bond donors (Lipinski definition) is 1. The summed E-state index contributed by atoms with van der Waals surface area (Å²) in [6.07, 6.45) is 0.847. The van der Waals surface area contributed by atoms with E-state index in [0.717, 1.165) is 10.9 Å². The first-order valence-electron chi connectivity index (χ1n) is 4.83. The van der Waals surface area contributed by atoms with Gasteiger partial charge in [-0.2, -0.15) is 8.42 Å². The van der Waals surface area contributed by atoms with Gasteiger partial charge in [-0.05, 0) is 24.6 Å². The van der Waals surface area contributed by atoms with Gasteiger partial charge in [0.1, 0.15) is 0 Å². The average Bonchev–Trinajstić information content (AvgIpc) is 2.23. The molecule has 0 saturated heterocycles. The molecule has 1 aromatic rings. The number of carbonyl (C=O) groups excluding carboxylic acids is 1. The molecule has 18 heavy (non-hydrogen) atoms. The summed E-state index contributed by atoms with van der Waals surface area (Å²) in [5, 5.41) is 0. The van der Waals surface area contributed by atoms with Crippen LogP contribution in [0.15, 0.2) is 28.7 Å². The fraction of sp³-hybridized carbons (Fsp3) is 0.300. The Balaban J connectivity index is 0.000000494. The zero-order valence-electron chi connectivity index (χ0n) is 9.47. The van der Waals surface area contributed by atoms with Gasteiger partial charge < -0.3 is 4.74 Å². The normalized spacial score (nSPS) is 10.2. The molecule has 0 bridgehead atoms. The molecule has 0 amide bonds. The highest BCUT2D eigenvalue weighted by atomic mass is 79.9. The smallest absolute Gasteiger partial charge is 0.353 e. The van der Waals surface area contributed by atoms with Crippen LogP contribution in [0.4, 0.5) is 0 Å². The maximum absolute atomic E-state index is 11.3. The highest BCUT2D eigenvalue weighted by Gasteiger charge is 2.05. The van der Waals surface area contributed by atoms with E-state index < -0.39 is 9.33 Å². The Morgan fingerprint density at radius 2 is 2.06 bits per heavy atom. The molecule has 1 rings (SSSR count). The summed E-state index contributed by atoms with van der Waals surface area (Å²) in [7, 11) is -0.137. The van der Waals surface area contributed by atoms with Crippen LogP contribution >= 0.6 is 26.6 Å². The maximum atomic E-state index is 11.3. The third-order valence-corrected chi connectivity index (χ3v) is 1.99. The van der Waals surface area contributed by atoms with Crippen molar-refractivity contribution in [1.29, 1.82) is 0 Å². The predicted molar refractivity (Wildman–Crippen MR) is 72.1 cm³/mol. The summed E-state index contributed by atoms with van der Waals surface area (Å²) in [6.45, 7) is 2.44. The summed E-state index contributed by atoms with van der Waals surface area (Å²) in [6, 6.07) is 7.17. The topological polar surface area (TPSA) is 80.7 Å². The lowest BCUT2D eigenvalue weighted by Gasteiger charge is -2.02. The Morgan fingerprint density at radius 3 is 2.50 bits per heavy atom. The van der Waals surface area contributed by atoms with Crippen molar-refractivity contribution in [3.63, 3.8) is 0 Å². The number of esters is 1. The highest BCUT2D eigenvalue weighted by molar-refractivity contribution is 9.10.